The van der Waals surface area contributed by atoms with Crippen LogP contribution >= 0.6 is 0 Å². The van der Waals surface area contributed by atoms with Gasteiger partial charge in [0.05, 0.1) is 23.8 Å². The lowest BCUT2D eigenvalue weighted by molar-refractivity contribution is -0.125. The maximum Gasteiger partial charge on any atom is 0.256 e. The van der Waals surface area contributed by atoms with Gasteiger partial charge in [-0.1, -0.05) is 0 Å². The van der Waals surface area contributed by atoms with Crippen LogP contribution in [-0.2, 0) is 9.53 Å². The molecule has 148 valence electrons. The standard InChI is InChI=1S/C20H30N4O3/c1-13-21-11-17(20(26)24(2)3)18(23-13)15-6-4-14(5-7-15)10-22-19(25)16-8-9-27-12-16/h11,14-16H,4-10,12H2,1-3H3,(H,22,25)/t14?,15?,16-/m0/s1. The van der Waals surface area contributed by atoms with E-state index in [0.29, 0.717) is 30.5 Å². The molecule has 2 heterocycles. The highest BCUT2D eigenvalue weighted by molar-refractivity contribution is 5.94. The van der Waals surface area contributed by atoms with Crippen molar-refractivity contribution in [3.8, 4) is 0 Å². The Kier molecular flexibility index (Phi) is 6.42. The molecular formula is C20H30N4O3. The minimum absolute atomic E-state index is 0.0185. The third kappa shape index (κ3) is 4.83. The van der Waals surface area contributed by atoms with Crippen molar-refractivity contribution >= 4 is 11.8 Å². The Labute approximate surface area is 160 Å². The molecule has 7 heteroatoms. The third-order valence-electron chi connectivity index (χ3n) is 5.67. The van der Waals surface area contributed by atoms with Gasteiger partial charge in [-0.3, -0.25) is 9.59 Å². The fraction of sp³-hybridized carbons (Fsp3) is 0.700. The van der Waals surface area contributed by atoms with Gasteiger partial charge in [-0.15, -0.1) is 0 Å². The second-order valence-electron chi connectivity index (χ2n) is 7.94. The molecule has 27 heavy (non-hydrogen) atoms. The lowest BCUT2D eigenvalue weighted by Crippen LogP contribution is -2.35. The second kappa shape index (κ2) is 8.78. The average molecular weight is 374 g/mol. The quantitative estimate of drug-likeness (QED) is 0.851. The summed E-state index contributed by atoms with van der Waals surface area (Å²) in [5.41, 5.74) is 1.50. The van der Waals surface area contributed by atoms with Crippen molar-refractivity contribution in [3.05, 3.63) is 23.3 Å². The van der Waals surface area contributed by atoms with Crippen LogP contribution in [0.15, 0.2) is 6.20 Å². The number of carbonyl (C=O) groups is 2. The highest BCUT2D eigenvalue weighted by Crippen LogP contribution is 2.36. The highest BCUT2D eigenvalue weighted by Gasteiger charge is 2.29. The molecule has 1 saturated heterocycles. The summed E-state index contributed by atoms with van der Waals surface area (Å²) in [6, 6.07) is 0. The van der Waals surface area contributed by atoms with E-state index >= 15 is 0 Å². The summed E-state index contributed by atoms with van der Waals surface area (Å²) in [5, 5.41) is 3.10. The Morgan fingerprint density at radius 2 is 1.96 bits per heavy atom. The van der Waals surface area contributed by atoms with Gasteiger partial charge in [-0.2, -0.15) is 0 Å². The van der Waals surface area contributed by atoms with Gasteiger partial charge in [0.15, 0.2) is 0 Å². The van der Waals surface area contributed by atoms with E-state index in [2.05, 4.69) is 15.3 Å². The summed E-state index contributed by atoms with van der Waals surface area (Å²) >= 11 is 0. The van der Waals surface area contributed by atoms with Crippen LogP contribution in [0.4, 0.5) is 0 Å². The minimum Gasteiger partial charge on any atom is -0.381 e. The number of hydrogen-bond acceptors (Lipinski definition) is 5. The Morgan fingerprint density at radius 1 is 1.22 bits per heavy atom. The fourth-order valence-electron chi connectivity index (χ4n) is 3.97. The summed E-state index contributed by atoms with van der Waals surface area (Å²) in [6.07, 6.45) is 6.52. The van der Waals surface area contributed by atoms with E-state index in [0.717, 1.165) is 44.3 Å². The number of aromatic nitrogens is 2. The van der Waals surface area contributed by atoms with Gasteiger partial charge in [0.2, 0.25) is 5.91 Å². The molecule has 1 aliphatic carbocycles. The first-order chi connectivity index (χ1) is 13.0. The summed E-state index contributed by atoms with van der Waals surface area (Å²) in [5.74, 6) is 1.57. The molecule has 0 radical (unpaired) electrons. The Morgan fingerprint density at radius 3 is 2.59 bits per heavy atom. The zero-order valence-corrected chi connectivity index (χ0v) is 16.5. The van der Waals surface area contributed by atoms with Crippen LogP contribution in [0.3, 0.4) is 0 Å². The molecule has 0 unspecified atom stereocenters. The van der Waals surface area contributed by atoms with Crippen molar-refractivity contribution in [2.24, 2.45) is 11.8 Å². The normalized spacial score (nSPS) is 25.2. The maximum atomic E-state index is 12.5. The molecule has 0 spiro atoms. The summed E-state index contributed by atoms with van der Waals surface area (Å²) in [4.78, 5) is 35.0. The number of amides is 2. The number of carbonyl (C=O) groups excluding carboxylic acids is 2. The molecule has 3 rings (SSSR count). The third-order valence-corrected chi connectivity index (χ3v) is 5.67. The van der Waals surface area contributed by atoms with Crippen LogP contribution < -0.4 is 5.32 Å². The van der Waals surface area contributed by atoms with Gasteiger partial charge in [-0.05, 0) is 44.9 Å². The van der Waals surface area contributed by atoms with Crippen molar-refractivity contribution in [2.75, 3.05) is 33.9 Å². The van der Waals surface area contributed by atoms with Crippen molar-refractivity contribution in [1.82, 2.24) is 20.2 Å². The molecular weight excluding hydrogens is 344 g/mol. The first kappa shape index (κ1) is 19.7. The summed E-state index contributed by atoms with van der Waals surface area (Å²) in [6.45, 7) is 3.83. The molecule has 2 amide bonds. The largest absolute Gasteiger partial charge is 0.381 e. The molecule has 1 atom stereocenters. The van der Waals surface area contributed by atoms with Crippen LogP contribution in [0, 0.1) is 18.8 Å². The van der Waals surface area contributed by atoms with E-state index in [-0.39, 0.29) is 23.7 Å². The number of rotatable bonds is 5. The van der Waals surface area contributed by atoms with E-state index in [4.69, 9.17) is 4.74 Å². The molecule has 0 aromatic carbocycles. The summed E-state index contributed by atoms with van der Waals surface area (Å²) < 4.78 is 5.29. The zero-order chi connectivity index (χ0) is 19.4. The molecule has 2 fully saturated rings. The zero-order valence-electron chi connectivity index (χ0n) is 16.5. The van der Waals surface area contributed by atoms with Gasteiger partial charge in [0.25, 0.3) is 5.91 Å². The maximum absolute atomic E-state index is 12.5. The Balaban J connectivity index is 1.56. The van der Waals surface area contributed by atoms with E-state index < -0.39 is 0 Å². The predicted octanol–water partition coefficient (Wildman–Crippen LogP) is 1.91. The second-order valence-corrected chi connectivity index (χ2v) is 7.94. The smallest absolute Gasteiger partial charge is 0.256 e. The SMILES string of the molecule is Cc1ncc(C(=O)N(C)C)c(C2CCC(CNC(=O)[C@H]3CCOC3)CC2)n1. The lowest BCUT2D eigenvalue weighted by Gasteiger charge is -2.29. The molecule has 2 aliphatic rings. The Hall–Kier alpha value is -2.02. The molecule has 1 saturated carbocycles. The van der Waals surface area contributed by atoms with Crippen LogP contribution in [0.1, 0.15) is 59.9 Å². The number of aryl methyl sites for hydroxylation is 1. The Bertz CT molecular complexity index is 678. The van der Waals surface area contributed by atoms with Crippen LogP contribution in [-0.4, -0.2) is 60.5 Å². The van der Waals surface area contributed by atoms with E-state index in [9.17, 15) is 9.59 Å². The summed E-state index contributed by atoms with van der Waals surface area (Å²) in [7, 11) is 3.50. The van der Waals surface area contributed by atoms with Crippen molar-refractivity contribution in [3.63, 3.8) is 0 Å². The van der Waals surface area contributed by atoms with Gasteiger partial charge in [0.1, 0.15) is 5.82 Å². The monoisotopic (exact) mass is 374 g/mol. The lowest BCUT2D eigenvalue weighted by atomic mass is 9.79. The molecule has 7 nitrogen and oxygen atoms in total. The first-order valence-corrected chi connectivity index (χ1v) is 9.86. The molecule has 0 bridgehead atoms. The van der Waals surface area contributed by atoms with Crippen LogP contribution in [0.25, 0.3) is 0 Å². The molecule has 1 aliphatic heterocycles. The average Bonchev–Trinajstić information content (AvgIpc) is 3.21. The predicted molar refractivity (Wildman–Crippen MR) is 101 cm³/mol. The number of hydrogen-bond donors (Lipinski definition) is 1. The highest BCUT2D eigenvalue weighted by atomic mass is 16.5. The number of nitrogens with one attached hydrogen (secondary N) is 1. The van der Waals surface area contributed by atoms with Gasteiger partial charge in [0, 0.05) is 39.4 Å². The molecule has 1 N–H and O–H groups in total. The van der Waals surface area contributed by atoms with Crippen LogP contribution in [0.5, 0.6) is 0 Å². The van der Waals surface area contributed by atoms with Gasteiger partial charge >= 0.3 is 0 Å². The number of ether oxygens (including phenoxy) is 1. The van der Waals surface area contributed by atoms with E-state index in [1.54, 1.807) is 25.2 Å². The molecule has 1 aromatic rings. The van der Waals surface area contributed by atoms with E-state index in [1.165, 1.54) is 0 Å². The van der Waals surface area contributed by atoms with Crippen LogP contribution in [0.2, 0.25) is 0 Å². The fourth-order valence-corrected chi connectivity index (χ4v) is 3.97. The molecule has 1 aromatic heterocycles. The number of nitrogens with zero attached hydrogens (tertiary/aromatic N) is 3. The van der Waals surface area contributed by atoms with Crippen molar-refractivity contribution in [1.29, 1.82) is 0 Å². The van der Waals surface area contributed by atoms with E-state index in [1.807, 2.05) is 6.92 Å². The first-order valence-electron chi connectivity index (χ1n) is 9.86. The van der Waals surface area contributed by atoms with Crippen molar-refractivity contribution in [2.45, 2.75) is 44.9 Å². The van der Waals surface area contributed by atoms with Gasteiger partial charge in [-0.25, -0.2) is 9.97 Å². The minimum atomic E-state index is -0.0434. The topological polar surface area (TPSA) is 84.4 Å². The van der Waals surface area contributed by atoms with Crippen molar-refractivity contribution < 1.29 is 14.3 Å². The van der Waals surface area contributed by atoms with Gasteiger partial charge < -0.3 is 15.0 Å².